The first-order chi connectivity index (χ1) is 8.66. The lowest BCUT2D eigenvalue weighted by Gasteiger charge is -2.20. The summed E-state index contributed by atoms with van der Waals surface area (Å²) in [7, 11) is 0. The molecule has 94 valence electrons. The Morgan fingerprint density at radius 2 is 2.06 bits per heavy atom. The number of Topliss-reactive ketones (excluding diaryl/α,β-unsaturated/α-hetero) is 1. The molecule has 1 aromatic rings. The summed E-state index contributed by atoms with van der Waals surface area (Å²) in [4.78, 5) is 23.9. The molecule has 4 heteroatoms. The molecule has 18 heavy (non-hydrogen) atoms. The minimum atomic E-state index is -0.922. The van der Waals surface area contributed by atoms with Crippen LogP contribution in [0.1, 0.15) is 29.6 Å². The third-order valence-corrected chi connectivity index (χ3v) is 5.44. The number of aromatic carboxylic acids is 1. The van der Waals surface area contributed by atoms with Gasteiger partial charge in [-0.05, 0) is 37.3 Å². The van der Waals surface area contributed by atoms with Crippen molar-refractivity contribution in [2.75, 3.05) is 0 Å². The van der Waals surface area contributed by atoms with Gasteiger partial charge in [0.15, 0.2) is 0 Å². The number of fused-ring (bicyclic) bond motifs is 2. The van der Waals surface area contributed by atoms with Crippen LogP contribution >= 0.6 is 11.8 Å². The summed E-state index contributed by atoms with van der Waals surface area (Å²) in [5, 5.41) is 9.12. The van der Waals surface area contributed by atoms with Gasteiger partial charge in [0, 0.05) is 10.8 Å². The van der Waals surface area contributed by atoms with Gasteiger partial charge in [-0.2, -0.15) is 0 Å². The Bertz CT molecular complexity index is 512. The van der Waals surface area contributed by atoms with Crippen LogP contribution in [0.3, 0.4) is 0 Å². The molecular formula is C14H14O3S. The summed E-state index contributed by atoms with van der Waals surface area (Å²) in [5.41, 5.74) is 0.304. The van der Waals surface area contributed by atoms with Gasteiger partial charge in [0.25, 0.3) is 0 Å². The molecule has 3 unspecified atom stereocenters. The van der Waals surface area contributed by atoms with Crippen molar-refractivity contribution in [3.05, 3.63) is 29.8 Å². The molecule has 1 N–H and O–H groups in total. The molecule has 3 atom stereocenters. The van der Waals surface area contributed by atoms with Crippen molar-refractivity contribution in [3.63, 3.8) is 0 Å². The van der Waals surface area contributed by atoms with Crippen molar-refractivity contribution in [1.82, 2.24) is 0 Å². The fourth-order valence-electron chi connectivity index (χ4n) is 3.05. The molecule has 2 aliphatic rings. The summed E-state index contributed by atoms with van der Waals surface area (Å²) in [6.07, 6.45) is 3.15. The highest BCUT2D eigenvalue weighted by Crippen LogP contribution is 2.49. The van der Waals surface area contributed by atoms with E-state index in [1.165, 1.54) is 11.8 Å². The number of carbonyl (C=O) groups is 2. The Balaban J connectivity index is 1.85. The Kier molecular flexibility index (Phi) is 2.90. The van der Waals surface area contributed by atoms with E-state index in [9.17, 15) is 9.59 Å². The first-order valence-corrected chi connectivity index (χ1v) is 7.07. The molecule has 1 aromatic carbocycles. The number of carboxylic acid groups (broad SMARTS) is 1. The maximum absolute atomic E-state index is 12.1. The maximum Gasteiger partial charge on any atom is 0.336 e. The molecule has 0 saturated heterocycles. The van der Waals surface area contributed by atoms with Crippen LogP contribution in [0.5, 0.6) is 0 Å². The molecule has 2 aliphatic carbocycles. The molecule has 3 nitrogen and oxygen atoms in total. The van der Waals surface area contributed by atoms with Crippen LogP contribution in [0.2, 0.25) is 0 Å². The predicted molar refractivity (Wildman–Crippen MR) is 68.9 cm³/mol. The zero-order valence-electron chi connectivity index (χ0n) is 9.83. The highest BCUT2D eigenvalue weighted by molar-refractivity contribution is 8.00. The largest absolute Gasteiger partial charge is 0.478 e. The SMILES string of the molecule is O=C(O)c1ccccc1SC1C(=O)C2CCC1C2. The van der Waals surface area contributed by atoms with Crippen LogP contribution in [-0.4, -0.2) is 22.1 Å². The number of hydrogen-bond acceptors (Lipinski definition) is 3. The zero-order chi connectivity index (χ0) is 12.7. The van der Waals surface area contributed by atoms with Crippen LogP contribution in [0.4, 0.5) is 0 Å². The fraction of sp³-hybridized carbons (Fsp3) is 0.429. The van der Waals surface area contributed by atoms with E-state index >= 15 is 0 Å². The zero-order valence-corrected chi connectivity index (χ0v) is 10.7. The third-order valence-electron chi connectivity index (χ3n) is 3.96. The van der Waals surface area contributed by atoms with Crippen molar-refractivity contribution in [3.8, 4) is 0 Å². The molecule has 2 fully saturated rings. The van der Waals surface area contributed by atoms with Crippen LogP contribution in [-0.2, 0) is 4.79 Å². The van der Waals surface area contributed by atoms with E-state index in [4.69, 9.17) is 5.11 Å². The standard InChI is InChI=1S/C14H14O3S/c15-12-8-5-6-9(7-8)13(12)18-11-4-2-1-3-10(11)14(16)17/h1-4,8-9,13H,5-7H2,(H,16,17). The first-order valence-electron chi connectivity index (χ1n) is 6.19. The van der Waals surface area contributed by atoms with Gasteiger partial charge in [-0.15, -0.1) is 11.8 Å². The topological polar surface area (TPSA) is 54.4 Å². The Hall–Kier alpha value is -1.29. The van der Waals surface area contributed by atoms with E-state index in [2.05, 4.69) is 0 Å². The molecule has 3 rings (SSSR count). The normalized spacial score (nSPS) is 29.8. The quantitative estimate of drug-likeness (QED) is 0.910. The summed E-state index contributed by atoms with van der Waals surface area (Å²) < 4.78 is 0. The van der Waals surface area contributed by atoms with Gasteiger partial charge in [0.2, 0.25) is 0 Å². The second kappa shape index (κ2) is 4.43. The Morgan fingerprint density at radius 3 is 2.72 bits per heavy atom. The van der Waals surface area contributed by atoms with Gasteiger partial charge in [0.05, 0.1) is 10.8 Å². The molecule has 0 radical (unpaired) electrons. The first kappa shape index (κ1) is 11.8. The van der Waals surface area contributed by atoms with Crippen LogP contribution in [0, 0.1) is 11.8 Å². The molecular weight excluding hydrogens is 248 g/mol. The summed E-state index contributed by atoms with van der Waals surface area (Å²) in [5.74, 6) is 0.101. The van der Waals surface area contributed by atoms with Crippen molar-refractivity contribution < 1.29 is 14.7 Å². The predicted octanol–water partition coefficient (Wildman–Crippen LogP) is 2.84. The number of benzene rings is 1. The average molecular weight is 262 g/mol. The Labute approximate surface area is 110 Å². The summed E-state index contributed by atoms with van der Waals surface area (Å²) in [6.45, 7) is 0. The number of carbonyl (C=O) groups excluding carboxylic acids is 1. The monoisotopic (exact) mass is 262 g/mol. The number of ketones is 1. The van der Waals surface area contributed by atoms with E-state index in [0.717, 1.165) is 24.2 Å². The molecule has 0 aromatic heterocycles. The summed E-state index contributed by atoms with van der Waals surface area (Å²) >= 11 is 1.45. The highest BCUT2D eigenvalue weighted by atomic mass is 32.2. The van der Waals surface area contributed by atoms with Gasteiger partial charge < -0.3 is 5.11 Å². The number of thioether (sulfide) groups is 1. The number of hydrogen-bond donors (Lipinski definition) is 1. The second-order valence-corrected chi connectivity index (χ2v) is 6.20. The van der Waals surface area contributed by atoms with E-state index in [-0.39, 0.29) is 11.2 Å². The lowest BCUT2D eigenvalue weighted by molar-refractivity contribution is -0.121. The molecule has 2 bridgehead atoms. The molecule has 0 heterocycles. The van der Waals surface area contributed by atoms with Gasteiger partial charge in [-0.1, -0.05) is 12.1 Å². The van der Waals surface area contributed by atoms with Crippen molar-refractivity contribution in [2.24, 2.45) is 11.8 Å². The van der Waals surface area contributed by atoms with E-state index in [0.29, 0.717) is 17.3 Å². The Morgan fingerprint density at radius 1 is 1.28 bits per heavy atom. The van der Waals surface area contributed by atoms with E-state index < -0.39 is 5.97 Å². The lowest BCUT2D eigenvalue weighted by atomic mass is 9.99. The van der Waals surface area contributed by atoms with Crippen molar-refractivity contribution in [1.29, 1.82) is 0 Å². The second-order valence-electron chi connectivity index (χ2n) is 5.01. The van der Waals surface area contributed by atoms with Gasteiger partial charge in [0.1, 0.15) is 5.78 Å². The van der Waals surface area contributed by atoms with Gasteiger partial charge >= 0.3 is 5.97 Å². The van der Waals surface area contributed by atoms with Crippen molar-refractivity contribution >= 4 is 23.5 Å². The molecule has 0 amide bonds. The smallest absolute Gasteiger partial charge is 0.336 e. The van der Waals surface area contributed by atoms with Gasteiger partial charge in [-0.25, -0.2) is 4.79 Å². The highest BCUT2D eigenvalue weighted by Gasteiger charge is 2.47. The molecule has 0 aliphatic heterocycles. The minimum absolute atomic E-state index is 0.0238. The van der Waals surface area contributed by atoms with Crippen LogP contribution in [0.25, 0.3) is 0 Å². The maximum atomic E-state index is 12.1. The van der Waals surface area contributed by atoms with Crippen molar-refractivity contribution in [2.45, 2.75) is 29.4 Å². The van der Waals surface area contributed by atoms with Gasteiger partial charge in [-0.3, -0.25) is 4.79 Å². The fourth-order valence-corrected chi connectivity index (χ4v) is 4.51. The summed E-state index contributed by atoms with van der Waals surface area (Å²) in [6, 6.07) is 6.94. The number of carboxylic acids is 1. The minimum Gasteiger partial charge on any atom is -0.478 e. The molecule has 0 spiro atoms. The molecule has 2 saturated carbocycles. The third kappa shape index (κ3) is 1.85. The van der Waals surface area contributed by atoms with Crippen LogP contribution < -0.4 is 0 Å². The van der Waals surface area contributed by atoms with E-state index in [1.807, 2.05) is 6.07 Å². The average Bonchev–Trinajstić information content (AvgIpc) is 2.93. The lowest BCUT2D eigenvalue weighted by Crippen LogP contribution is -2.24. The number of rotatable bonds is 3. The van der Waals surface area contributed by atoms with E-state index in [1.54, 1.807) is 18.2 Å². The van der Waals surface area contributed by atoms with Crippen LogP contribution in [0.15, 0.2) is 29.2 Å².